The van der Waals surface area contributed by atoms with E-state index in [2.05, 4.69) is 10.7 Å². The monoisotopic (exact) mass is 467 g/mol. The number of fused-ring (bicyclic) bond motifs is 1. The summed E-state index contributed by atoms with van der Waals surface area (Å²) in [6, 6.07) is 15.4. The van der Waals surface area contributed by atoms with Gasteiger partial charge in [0.2, 0.25) is 11.0 Å². The third kappa shape index (κ3) is 5.35. The predicted octanol–water partition coefficient (Wildman–Crippen LogP) is 2.80. The average molecular weight is 468 g/mol. The van der Waals surface area contributed by atoms with Crippen LogP contribution in [0.1, 0.15) is 44.0 Å². The van der Waals surface area contributed by atoms with Crippen molar-refractivity contribution in [2.24, 2.45) is 0 Å². The second-order valence-corrected chi connectivity index (χ2v) is 9.32. The normalized spacial score (nSPS) is 18.7. The molecule has 1 amide bonds. The summed E-state index contributed by atoms with van der Waals surface area (Å²) in [7, 11) is 0. The Hall–Kier alpha value is -3.50. The van der Waals surface area contributed by atoms with Crippen LogP contribution in [-0.2, 0) is 16.2 Å². The minimum atomic E-state index is -0.828. The van der Waals surface area contributed by atoms with Crippen LogP contribution in [0.25, 0.3) is 11.0 Å². The number of nitrogens with one attached hydrogen (secondary N) is 1. The molecule has 0 aliphatic carbocycles. The molecule has 0 unspecified atom stereocenters. The summed E-state index contributed by atoms with van der Waals surface area (Å²) >= 11 is 0. The Bertz CT molecular complexity index is 1160. The summed E-state index contributed by atoms with van der Waals surface area (Å²) in [6.45, 7) is 5.88. The molecule has 0 spiro atoms. The summed E-state index contributed by atoms with van der Waals surface area (Å²) < 4.78 is 6.65. The maximum absolute atomic E-state index is 13.5. The Balaban J connectivity index is 1.51. The number of carbonyl (C=O) groups is 2. The van der Waals surface area contributed by atoms with E-state index in [1.54, 1.807) is 45.0 Å². The van der Waals surface area contributed by atoms with E-state index in [4.69, 9.17) is 9.57 Å². The number of para-hydroxylation sites is 2. The summed E-state index contributed by atoms with van der Waals surface area (Å²) in [4.78, 5) is 34.0. The van der Waals surface area contributed by atoms with Crippen molar-refractivity contribution >= 4 is 23.0 Å². The van der Waals surface area contributed by atoms with E-state index in [1.807, 2.05) is 30.3 Å². The lowest BCUT2D eigenvalue weighted by molar-refractivity contribution is -0.645. The highest BCUT2D eigenvalue weighted by Crippen LogP contribution is 2.23. The van der Waals surface area contributed by atoms with Gasteiger partial charge in [-0.2, -0.15) is 5.48 Å². The maximum atomic E-state index is 13.5. The number of hydrogen-bond acceptors (Lipinski definition) is 7. The van der Waals surface area contributed by atoms with Gasteiger partial charge in [-0.15, -0.1) is 4.85 Å². The van der Waals surface area contributed by atoms with Crippen LogP contribution < -0.4 is 10.3 Å². The lowest BCUT2D eigenvalue weighted by Crippen LogP contribution is -2.57. The number of likely N-dealkylation sites (tertiary alicyclic amines) is 1. The molecule has 10 nitrogen and oxygen atoms in total. The number of amides is 1. The summed E-state index contributed by atoms with van der Waals surface area (Å²) in [5.41, 5.74) is 3.96. The molecule has 1 aliphatic heterocycles. The van der Waals surface area contributed by atoms with Crippen molar-refractivity contribution in [3.8, 4) is 0 Å². The van der Waals surface area contributed by atoms with E-state index >= 15 is 0 Å². The van der Waals surface area contributed by atoms with Gasteiger partial charge in [-0.05, 0) is 51.3 Å². The van der Waals surface area contributed by atoms with Crippen molar-refractivity contribution < 1.29 is 24.0 Å². The Morgan fingerprint density at radius 3 is 2.56 bits per heavy atom. The molecular weight excluding hydrogens is 438 g/mol. The van der Waals surface area contributed by atoms with Crippen LogP contribution in [0.4, 0.5) is 4.79 Å². The molecule has 3 aromatic rings. The Labute approximate surface area is 197 Å². The number of rotatable bonds is 5. The Morgan fingerprint density at radius 1 is 1.12 bits per heavy atom. The number of piperidine rings is 1. The molecule has 0 saturated carbocycles. The zero-order chi connectivity index (χ0) is 24.3. The van der Waals surface area contributed by atoms with Crippen LogP contribution in [0.15, 0.2) is 54.6 Å². The SMILES string of the molecule is CC(C)(C)OC(=O)N1C[C@H](NOCc2ccccc2)CC[C@H]1C(=O)n1n[n+]([O-])c2ccccc21. The molecule has 1 fully saturated rings. The first-order valence-electron chi connectivity index (χ1n) is 11.3. The van der Waals surface area contributed by atoms with E-state index in [0.29, 0.717) is 29.8 Å². The third-order valence-electron chi connectivity index (χ3n) is 5.52. The first-order chi connectivity index (χ1) is 16.2. The van der Waals surface area contributed by atoms with E-state index in [0.717, 1.165) is 10.2 Å². The van der Waals surface area contributed by atoms with E-state index in [1.165, 1.54) is 4.90 Å². The number of aromatic nitrogens is 3. The average Bonchev–Trinajstić information content (AvgIpc) is 3.15. The maximum Gasteiger partial charge on any atom is 0.411 e. The smallest absolute Gasteiger partial charge is 0.411 e. The summed E-state index contributed by atoms with van der Waals surface area (Å²) in [5.74, 6) is -0.458. The quantitative estimate of drug-likeness (QED) is 0.349. The number of ether oxygens (including phenoxy) is 1. The second-order valence-electron chi connectivity index (χ2n) is 9.32. The third-order valence-corrected chi connectivity index (χ3v) is 5.52. The largest absolute Gasteiger partial charge is 0.691 e. The van der Waals surface area contributed by atoms with Gasteiger partial charge < -0.3 is 9.94 Å². The molecule has 2 atom stereocenters. The molecule has 0 bridgehead atoms. The standard InChI is InChI=1S/C24H29N5O5/c1-24(2,3)34-23(31)27-15-18(25-33-16-17-9-5-4-6-10-17)13-14-21(27)22(30)28-19-11-7-8-12-20(19)29(32)26-28/h4-12,18,21,25H,13-16H2,1-3H3/t18-,21+/m1/s1. The number of hydroxylamine groups is 1. The first kappa shape index (κ1) is 23.7. The molecule has 1 saturated heterocycles. The first-order valence-corrected chi connectivity index (χ1v) is 11.3. The number of benzene rings is 2. The van der Waals surface area contributed by atoms with Gasteiger partial charge in [0.15, 0.2) is 0 Å². The fourth-order valence-electron chi connectivity index (χ4n) is 3.95. The van der Waals surface area contributed by atoms with Gasteiger partial charge >= 0.3 is 12.0 Å². The lowest BCUT2D eigenvalue weighted by Gasteiger charge is -2.38. The van der Waals surface area contributed by atoms with Crippen LogP contribution in [0, 0.1) is 5.21 Å². The van der Waals surface area contributed by atoms with Gasteiger partial charge in [0.25, 0.3) is 0 Å². The summed E-state index contributed by atoms with van der Waals surface area (Å²) in [5, 5.41) is 16.0. The molecule has 180 valence electrons. The fourth-order valence-corrected chi connectivity index (χ4v) is 3.95. The molecule has 2 heterocycles. The van der Waals surface area contributed by atoms with Crippen molar-refractivity contribution in [2.75, 3.05) is 6.54 Å². The highest BCUT2D eigenvalue weighted by molar-refractivity contribution is 5.93. The van der Waals surface area contributed by atoms with E-state index < -0.39 is 23.6 Å². The Kier molecular flexibility index (Phi) is 6.80. The number of hydrogen-bond donors (Lipinski definition) is 1. The summed E-state index contributed by atoms with van der Waals surface area (Å²) in [6.07, 6.45) is 0.338. The van der Waals surface area contributed by atoms with E-state index in [9.17, 15) is 14.8 Å². The van der Waals surface area contributed by atoms with Gasteiger partial charge in [0, 0.05) is 6.54 Å². The van der Waals surface area contributed by atoms with Crippen LogP contribution in [0.2, 0.25) is 0 Å². The van der Waals surface area contributed by atoms with Gasteiger partial charge in [-0.3, -0.25) is 9.74 Å². The molecule has 10 heteroatoms. The van der Waals surface area contributed by atoms with E-state index in [-0.39, 0.29) is 18.1 Å². The van der Waals surface area contributed by atoms with Crippen molar-refractivity contribution in [1.29, 1.82) is 0 Å². The van der Waals surface area contributed by atoms with Gasteiger partial charge in [-0.25, -0.2) is 9.59 Å². The van der Waals surface area contributed by atoms with Crippen LogP contribution in [0.5, 0.6) is 0 Å². The molecule has 4 rings (SSSR count). The highest BCUT2D eigenvalue weighted by atomic mass is 16.6. The van der Waals surface area contributed by atoms with Gasteiger partial charge in [0.05, 0.1) is 12.6 Å². The topological polar surface area (TPSA) is 113 Å². The zero-order valence-corrected chi connectivity index (χ0v) is 19.5. The zero-order valence-electron chi connectivity index (χ0n) is 19.5. The molecule has 1 N–H and O–H groups in total. The molecule has 1 aromatic heterocycles. The van der Waals surface area contributed by atoms with Crippen molar-refractivity contribution in [1.82, 2.24) is 20.3 Å². The highest BCUT2D eigenvalue weighted by Gasteiger charge is 2.42. The van der Waals surface area contributed by atoms with Gasteiger partial charge in [0.1, 0.15) is 16.9 Å². The van der Waals surface area contributed by atoms with Crippen molar-refractivity contribution in [2.45, 2.75) is 57.9 Å². The molecule has 2 aromatic carbocycles. The number of carbonyl (C=O) groups excluding carboxylic acids is 2. The molecule has 1 aliphatic rings. The fraction of sp³-hybridized carbons (Fsp3) is 0.417. The van der Waals surface area contributed by atoms with Crippen molar-refractivity contribution in [3.63, 3.8) is 0 Å². The van der Waals surface area contributed by atoms with Crippen LogP contribution in [-0.4, -0.2) is 51.0 Å². The second kappa shape index (κ2) is 9.78. The Morgan fingerprint density at radius 2 is 1.82 bits per heavy atom. The predicted molar refractivity (Wildman–Crippen MR) is 123 cm³/mol. The van der Waals surface area contributed by atoms with Crippen molar-refractivity contribution in [3.05, 3.63) is 65.4 Å². The van der Waals surface area contributed by atoms with Crippen LogP contribution in [0.3, 0.4) is 0 Å². The lowest BCUT2D eigenvalue weighted by atomic mass is 9.98. The minimum absolute atomic E-state index is 0.195. The minimum Gasteiger partial charge on any atom is -0.691 e. The van der Waals surface area contributed by atoms with Gasteiger partial charge in [-0.1, -0.05) is 47.1 Å². The molecular formula is C24H29N5O5. The van der Waals surface area contributed by atoms with Crippen LogP contribution >= 0.6 is 0 Å². The molecule has 34 heavy (non-hydrogen) atoms. The number of nitrogens with zero attached hydrogens (tertiary/aromatic N) is 4. The molecule has 0 radical (unpaired) electrons.